The number of hydrogen-bond donors (Lipinski definition) is 2. The molecule has 0 unspecified atom stereocenters. The Hall–Kier alpha value is -2.37. The van der Waals surface area contributed by atoms with Gasteiger partial charge in [0.1, 0.15) is 0 Å². The Kier molecular flexibility index (Phi) is 6.14. The molecule has 23 heavy (non-hydrogen) atoms. The monoisotopic (exact) mass is 318 g/mol. The lowest BCUT2D eigenvalue weighted by Crippen LogP contribution is -2.26. The Morgan fingerprint density at radius 2 is 1.74 bits per heavy atom. The fraction of sp³-hybridized carbons (Fsp3) is 0.471. The second-order valence-corrected chi connectivity index (χ2v) is 5.75. The highest BCUT2D eigenvalue weighted by Gasteiger charge is 2.23. The average molecular weight is 318 g/mol. The zero-order valence-corrected chi connectivity index (χ0v) is 13.3. The van der Waals surface area contributed by atoms with Crippen LogP contribution < -0.4 is 10.6 Å². The Balaban J connectivity index is 1.80. The summed E-state index contributed by atoms with van der Waals surface area (Å²) in [5.74, 6) is -0.935. The van der Waals surface area contributed by atoms with E-state index in [1.807, 2.05) is 0 Å². The number of benzene rings is 1. The minimum absolute atomic E-state index is 0.0698. The number of anilines is 2. The number of rotatable bonds is 5. The van der Waals surface area contributed by atoms with Crippen molar-refractivity contribution >= 4 is 29.2 Å². The van der Waals surface area contributed by atoms with E-state index in [1.54, 1.807) is 24.3 Å². The highest BCUT2D eigenvalue weighted by Crippen LogP contribution is 2.24. The fourth-order valence-electron chi connectivity index (χ4n) is 2.67. The van der Waals surface area contributed by atoms with E-state index in [-0.39, 0.29) is 24.4 Å². The third-order valence-electron chi connectivity index (χ3n) is 3.75. The number of hydrogen-bond acceptors (Lipinski definition) is 4. The smallest absolute Gasteiger partial charge is 0.309 e. The SMILES string of the molecule is CC(=O)Nc1cccc(NC(=O)COC(=O)C2CCCCC2)c1. The van der Waals surface area contributed by atoms with Crippen LogP contribution in [0.2, 0.25) is 0 Å². The average Bonchev–Trinajstić information content (AvgIpc) is 2.53. The van der Waals surface area contributed by atoms with Crippen molar-refractivity contribution in [1.29, 1.82) is 0 Å². The minimum atomic E-state index is -0.394. The van der Waals surface area contributed by atoms with Gasteiger partial charge < -0.3 is 15.4 Å². The molecule has 0 bridgehead atoms. The van der Waals surface area contributed by atoms with Crippen LogP contribution >= 0.6 is 0 Å². The zero-order chi connectivity index (χ0) is 16.7. The number of ether oxygens (including phenoxy) is 1. The normalized spacial score (nSPS) is 14.8. The molecule has 6 heteroatoms. The van der Waals surface area contributed by atoms with E-state index in [4.69, 9.17) is 4.74 Å². The lowest BCUT2D eigenvalue weighted by molar-refractivity contribution is -0.152. The topological polar surface area (TPSA) is 84.5 Å². The van der Waals surface area contributed by atoms with Crippen LogP contribution in [0.5, 0.6) is 0 Å². The van der Waals surface area contributed by atoms with Gasteiger partial charge in [0.2, 0.25) is 5.91 Å². The van der Waals surface area contributed by atoms with Gasteiger partial charge in [-0.15, -0.1) is 0 Å². The fourth-order valence-corrected chi connectivity index (χ4v) is 2.67. The molecule has 2 amide bonds. The molecule has 1 fully saturated rings. The molecule has 0 aromatic heterocycles. The Morgan fingerprint density at radius 1 is 1.09 bits per heavy atom. The number of esters is 1. The molecular formula is C17H22N2O4. The number of carbonyl (C=O) groups is 3. The predicted molar refractivity (Wildman–Crippen MR) is 86.9 cm³/mol. The molecule has 2 rings (SSSR count). The van der Waals surface area contributed by atoms with Crippen molar-refractivity contribution < 1.29 is 19.1 Å². The van der Waals surface area contributed by atoms with Crippen molar-refractivity contribution in [2.24, 2.45) is 5.92 Å². The van der Waals surface area contributed by atoms with E-state index < -0.39 is 5.91 Å². The molecule has 6 nitrogen and oxygen atoms in total. The molecule has 0 heterocycles. The molecule has 1 aromatic carbocycles. The number of nitrogens with one attached hydrogen (secondary N) is 2. The van der Waals surface area contributed by atoms with E-state index in [0.29, 0.717) is 11.4 Å². The summed E-state index contributed by atoms with van der Waals surface area (Å²) in [5, 5.41) is 5.28. The van der Waals surface area contributed by atoms with Crippen molar-refractivity contribution in [3.8, 4) is 0 Å². The van der Waals surface area contributed by atoms with Crippen LogP contribution in [0, 0.1) is 5.92 Å². The van der Waals surface area contributed by atoms with Gasteiger partial charge in [0, 0.05) is 18.3 Å². The van der Waals surface area contributed by atoms with Gasteiger partial charge in [-0.1, -0.05) is 25.3 Å². The van der Waals surface area contributed by atoms with Gasteiger partial charge in [-0.05, 0) is 31.0 Å². The van der Waals surface area contributed by atoms with Crippen LogP contribution in [0.4, 0.5) is 11.4 Å². The van der Waals surface area contributed by atoms with E-state index in [2.05, 4.69) is 10.6 Å². The van der Waals surface area contributed by atoms with Gasteiger partial charge in [-0.2, -0.15) is 0 Å². The maximum atomic E-state index is 11.9. The van der Waals surface area contributed by atoms with E-state index in [9.17, 15) is 14.4 Å². The molecule has 124 valence electrons. The summed E-state index contributed by atoms with van der Waals surface area (Å²) in [5.41, 5.74) is 1.13. The van der Waals surface area contributed by atoms with Crippen LogP contribution in [0.25, 0.3) is 0 Å². The standard InChI is InChI=1S/C17H22N2O4/c1-12(20)18-14-8-5-9-15(10-14)19-16(21)11-23-17(22)13-6-3-2-4-7-13/h5,8-10,13H,2-4,6-7,11H2,1H3,(H,18,20)(H,19,21). The molecule has 1 aliphatic rings. The molecule has 1 aromatic rings. The van der Waals surface area contributed by atoms with Crippen molar-refractivity contribution in [2.45, 2.75) is 39.0 Å². The molecule has 0 saturated heterocycles. The number of amides is 2. The van der Waals surface area contributed by atoms with Crippen molar-refractivity contribution in [1.82, 2.24) is 0 Å². The van der Waals surface area contributed by atoms with Gasteiger partial charge in [0.15, 0.2) is 6.61 Å². The summed E-state index contributed by atoms with van der Waals surface area (Å²) < 4.78 is 5.09. The molecular weight excluding hydrogens is 296 g/mol. The lowest BCUT2D eigenvalue weighted by Gasteiger charge is -2.19. The Bertz CT molecular complexity index is 580. The van der Waals surface area contributed by atoms with Crippen molar-refractivity contribution in [3.05, 3.63) is 24.3 Å². The first-order valence-corrected chi connectivity index (χ1v) is 7.89. The summed E-state index contributed by atoms with van der Waals surface area (Å²) >= 11 is 0. The molecule has 1 aliphatic carbocycles. The maximum Gasteiger partial charge on any atom is 0.309 e. The first kappa shape index (κ1) is 17.0. The second kappa shape index (κ2) is 8.31. The third-order valence-corrected chi connectivity index (χ3v) is 3.75. The second-order valence-electron chi connectivity index (χ2n) is 5.75. The molecule has 0 radical (unpaired) electrons. The summed E-state index contributed by atoms with van der Waals surface area (Å²) in [7, 11) is 0. The minimum Gasteiger partial charge on any atom is -0.455 e. The zero-order valence-electron chi connectivity index (χ0n) is 13.3. The Morgan fingerprint density at radius 3 is 2.39 bits per heavy atom. The first-order valence-electron chi connectivity index (χ1n) is 7.89. The van der Waals surface area contributed by atoms with Gasteiger partial charge in [-0.25, -0.2) is 0 Å². The van der Waals surface area contributed by atoms with Gasteiger partial charge in [0.25, 0.3) is 5.91 Å². The van der Waals surface area contributed by atoms with Crippen LogP contribution in [0.1, 0.15) is 39.0 Å². The molecule has 1 saturated carbocycles. The van der Waals surface area contributed by atoms with E-state index in [0.717, 1.165) is 32.1 Å². The van der Waals surface area contributed by atoms with Gasteiger partial charge >= 0.3 is 5.97 Å². The van der Waals surface area contributed by atoms with E-state index >= 15 is 0 Å². The first-order chi connectivity index (χ1) is 11.0. The van der Waals surface area contributed by atoms with Crippen molar-refractivity contribution in [3.63, 3.8) is 0 Å². The van der Waals surface area contributed by atoms with Crippen molar-refractivity contribution in [2.75, 3.05) is 17.2 Å². The quantitative estimate of drug-likeness (QED) is 0.818. The van der Waals surface area contributed by atoms with E-state index in [1.165, 1.54) is 6.92 Å². The van der Waals surface area contributed by atoms with Crippen LogP contribution in [0.3, 0.4) is 0 Å². The van der Waals surface area contributed by atoms with Gasteiger partial charge in [0.05, 0.1) is 5.92 Å². The summed E-state index contributed by atoms with van der Waals surface area (Å²) in [6.45, 7) is 1.12. The predicted octanol–water partition coefficient (Wildman–Crippen LogP) is 2.71. The summed E-state index contributed by atoms with van der Waals surface area (Å²) in [6.07, 6.45) is 4.94. The van der Waals surface area contributed by atoms with Crippen LogP contribution in [-0.4, -0.2) is 24.4 Å². The lowest BCUT2D eigenvalue weighted by atomic mass is 9.89. The number of carbonyl (C=O) groups excluding carboxylic acids is 3. The summed E-state index contributed by atoms with van der Waals surface area (Å²) in [6, 6.07) is 6.78. The summed E-state index contributed by atoms with van der Waals surface area (Å²) in [4.78, 5) is 34.8. The van der Waals surface area contributed by atoms with Gasteiger partial charge in [-0.3, -0.25) is 14.4 Å². The Labute approximate surface area is 135 Å². The highest BCUT2D eigenvalue weighted by atomic mass is 16.5. The molecule has 0 spiro atoms. The molecule has 2 N–H and O–H groups in total. The van der Waals surface area contributed by atoms with Crippen LogP contribution in [0.15, 0.2) is 24.3 Å². The van der Waals surface area contributed by atoms with Crippen LogP contribution in [-0.2, 0) is 19.1 Å². The molecule has 0 aliphatic heterocycles. The maximum absolute atomic E-state index is 11.9. The third kappa shape index (κ3) is 5.73. The molecule has 0 atom stereocenters. The largest absolute Gasteiger partial charge is 0.455 e. The highest BCUT2D eigenvalue weighted by molar-refractivity contribution is 5.94.